The molecule has 0 radical (unpaired) electrons. The Morgan fingerprint density at radius 2 is 1.50 bits per heavy atom. The number of likely N-dealkylation sites (tertiary alicyclic amines) is 2. The van der Waals surface area contributed by atoms with E-state index in [1.807, 2.05) is 22.8 Å². The van der Waals surface area contributed by atoms with Gasteiger partial charge in [0.05, 0.1) is 18.9 Å². The number of ether oxygens (including phenoxy) is 1. The third-order valence-electron chi connectivity index (χ3n) is 6.76. The quantitative estimate of drug-likeness (QED) is 0.261. The highest BCUT2D eigenvalue weighted by atomic mass is 32.1. The van der Waals surface area contributed by atoms with E-state index in [2.05, 4.69) is 45.7 Å². The predicted molar refractivity (Wildman–Crippen MR) is 158 cm³/mol. The summed E-state index contributed by atoms with van der Waals surface area (Å²) >= 11 is 3.50. The molecule has 0 spiro atoms. The van der Waals surface area contributed by atoms with Gasteiger partial charge in [-0.25, -0.2) is 0 Å². The molecule has 2 aliphatic rings. The van der Waals surface area contributed by atoms with Gasteiger partial charge in [-0.3, -0.25) is 10.1 Å². The molecule has 0 bridgehead atoms. The molecule has 0 unspecified atom stereocenters. The molecule has 4 heterocycles. The Labute approximate surface area is 229 Å². The zero-order chi connectivity index (χ0) is 25.4. The molecule has 0 aliphatic carbocycles. The van der Waals surface area contributed by atoms with Crippen LogP contribution in [0.25, 0.3) is 0 Å². The smallest absolute Gasteiger partial charge is 0.252 e. The first-order valence-electron chi connectivity index (χ1n) is 13.8. The van der Waals surface area contributed by atoms with Crippen molar-refractivity contribution in [2.45, 2.75) is 65.4 Å². The molecule has 2 aromatic rings. The van der Waals surface area contributed by atoms with E-state index in [-0.39, 0.29) is 8.76 Å². The number of nitrogens with one attached hydrogen (secondary N) is 2. The molecule has 2 aliphatic heterocycles. The van der Waals surface area contributed by atoms with Crippen LogP contribution in [-0.2, 0) is 24.2 Å². The lowest BCUT2D eigenvalue weighted by Crippen LogP contribution is -2.37. The summed E-state index contributed by atoms with van der Waals surface area (Å²) in [7, 11) is 0. The van der Waals surface area contributed by atoms with Gasteiger partial charge < -0.3 is 19.9 Å². The number of hydrogen-bond donors (Lipinski definition) is 2. The van der Waals surface area contributed by atoms with Crippen LogP contribution < -0.4 is 10.6 Å². The fraction of sp³-hybridized carbons (Fsp3) is 0.679. The van der Waals surface area contributed by atoms with Crippen LogP contribution in [0.5, 0.6) is 0 Å². The van der Waals surface area contributed by atoms with Crippen LogP contribution >= 0.6 is 22.7 Å². The summed E-state index contributed by atoms with van der Waals surface area (Å²) in [4.78, 5) is 19.6. The van der Waals surface area contributed by atoms with Gasteiger partial charge in [0.1, 0.15) is 0 Å². The highest BCUT2D eigenvalue weighted by molar-refractivity contribution is 7.10. The van der Waals surface area contributed by atoms with E-state index in [4.69, 9.17) is 4.74 Å². The zero-order valence-electron chi connectivity index (χ0n) is 22.4. The summed E-state index contributed by atoms with van der Waals surface area (Å²) in [5.74, 6) is 0.0722. The van der Waals surface area contributed by atoms with Crippen molar-refractivity contribution < 1.29 is 12.4 Å². The number of nitrogens with zero attached hydrogens (tertiary/aromatic N) is 2. The second kappa shape index (κ2) is 17.3. The van der Waals surface area contributed by atoms with Crippen molar-refractivity contribution in [3.05, 3.63) is 43.8 Å². The molecule has 1 amide bonds. The highest BCUT2D eigenvalue weighted by Gasteiger charge is 2.12. The number of thiophene rings is 2. The first kappa shape index (κ1) is 29.3. The largest absolute Gasteiger partial charge is 0.362 e. The minimum Gasteiger partial charge on any atom is -0.362 e. The second-order valence-corrected chi connectivity index (χ2v) is 11.6. The summed E-state index contributed by atoms with van der Waals surface area (Å²) in [5, 5.41) is 10.5. The first-order chi connectivity index (χ1) is 17.7. The molecule has 36 heavy (non-hydrogen) atoms. The topological polar surface area (TPSA) is 56.8 Å². The third kappa shape index (κ3) is 11.0. The van der Waals surface area contributed by atoms with E-state index < -0.39 is 0 Å². The first-order valence-corrected chi connectivity index (χ1v) is 15.6. The van der Waals surface area contributed by atoms with Gasteiger partial charge in [0.25, 0.3) is 5.91 Å². The van der Waals surface area contributed by atoms with E-state index in [9.17, 15) is 4.79 Å². The average Bonchev–Trinajstić information content (AvgIpc) is 3.69. The summed E-state index contributed by atoms with van der Waals surface area (Å²) in [6.45, 7) is 14.5. The average molecular weight is 539 g/mol. The number of piperidine rings is 1. The third-order valence-corrected chi connectivity index (χ3v) is 8.97. The van der Waals surface area contributed by atoms with Crippen LogP contribution in [0, 0.1) is 0 Å². The Hall–Kier alpha value is -1.29. The molecule has 0 saturated carbocycles. The fourth-order valence-electron chi connectivity index (χ4n) is 4.54. The van der Waals surface area contributed by atoms with Gasteiger partial charge in [0.15, 0.2) is 0 Å². The van der Waals surface area contributed by atoms with Gasteiger partial charge >= 0.3 is 0 Å². The molecule has 4 rings (SSSR count). The molecule has 2 N–H and O–H groups in total. The fourth-order valence-corrected chi connectivity index (χ4v) is 6.18. The predicted octanol–water partition coefficient (Wildman–Crippen LogP) is 5.49. The maximum absolute atomic E-state index is 11.9. The summed E-state index contributed by atoms with van der Waals surface area (Å²) < 4.78 is 5.62. The molecule has 8 heteroatoms. The molecule has 0 atom stereocenters. The van der Waals surface area contributed by atoms with Crippen LogP contribution in [0.3, 0.4) is 0 Å². The van der Waals surface area contributed by atoms with E-state index in [0.717, 1.165) is 51.2 Å². The lowest BCUT2D eigenvalue weighted by molar-refractivity contribution is 0.0947. The van der Waals surface area contributed by atoms with Crippen LogP contribution in [0.1, 0.15) is 74.5 Å². The SMILES string of the molecule is CCc1cc(C(=O)NCCN2CCCCC2)cs1.CCc1cc(COCNCCN2CCCC2)cs1.[HH].[HH]. The standard InChI is InChI=1S/C14H24N2OS.C14H22N2OS.2H2/c1-2-14-9-13(11-18-14)10-17-12-15-5-8-16-6-3-4-7-16;1-2-13-10-12(11-18-13)14(17)15-6-9-16-7-4-3-5-8-16;;/h9,11,15H,2-8,10,12H2,1H3;10-11H,2-9H2,1H3,(H,15,17);2*1H. The molecule has 2 aromatic heterocycles. The Bertz CT molecular complexity index is 869. The number of carbonyl (C=O) groups excluding carboxylic acids is 1. The normalized spacial score (nSPS) is 16.6. The van der Waals surface area contributed by atoms with Gasteiger partial charge in [-0.05, 0) is 87.8 Å². The van der Waals surface area contributed by atoms with Crippen molar-refractivity contribution in [2.75, 3.05) is 59.1 Å². The second-order valence-electron chi connectivity index (χ2n) is 9.63. The molecular formula is C28H50N4O2S2. The van der Waals surface area contributed by atoms with Crippen LogP contribution in [0.2, 0.25) is 0 Å². The van der Waals surface area contributed by atoms with Gasteiger partial charge in [-0.15, -0.1) is 22.7 Å². The number of hydrogen-bond acceptors (Lipinski definition) is 7. The number of rotatable bonds is 13. The van der Waals surface area contributed by atoms with Crippen LogP contribution in [0.15, 0.2) is 22.9 Å². The van der Waals surface area contributed by atoms with Crippen LogP contribution in [0.4, 0.5) is 0 Å². The van der Waals surface area contributed by atoms with Gasteiger partial charge in [0, 0.05) is 44.2 Å². The summed E-state index contributed by atoms with van der Waals surface area (Å²) in [6.07, 6.45) is 8.83. The minimum atomic E-state index is 0. The van der Waals surface area contributed by atoms with Crippen molar-refractivity contribution >= 4 is 28.6 Å². The summed E-state index contributed by atoms with van der Waals surface area (Å²) in [6, 6.07) is 4.25. The van der Waals surface area contributed by atoms with Crippen molar-refractivity contribution in [3.63, 3.8) is 0 Å². The van der Waals surface area contributed by atoms with Crippen molar-refractivity contribution in [1.82, 2.24) is 20.4 Å². The Morgan fingerprint density at radius 1 is 0.889 bits per heavy atom. The number of aryl methyl sites for hydroxylation is 2. The zero-order valence-corrected chi connectivity index (χ0v) is 24.0. The van der Waals surface area contributed by atoms with Gasteiger partial charge in [-0.2, -0.15) is 0 Å². The molecule has 2 fully saturated rings. The van der Waals surface area contributed by atoms with Crippen LogP contribution in [-0.4, -0.2) is 74.8 Å². The lowest BCUT2D eigenvalue weighted by atomic mass is 10.1. The Kier molecular flexibility index (Phi) is 14.0. The molecule has 0 aromatic carbocycles. The van der Waals surface area contributed by atoms with E-state index >= 15 is 0 Å². The van der Waals surface area contributed by atoms with Crippen molar-refractivity contribution in [1.29, 1.82) is 0 Å². The Morgan fingerprint density at radius 3 is 2.14 bits per heavy atom. The maximum atomic E-state index is 11.9. The molecular weight excluding hydrogens is 488 g/mol. The highest BCUT2D eigenvalue weighted by Crippen LogP contribution is 2.16. The Balaban J connectivity index is 0.000000361. The number of carbonyl (C=O) groups is 1. The minimum absolute atomic E-state index is 0. The molecule has 206 valence electrons. The van der Waals surface area contributed by atoms with E-state index in [1.54, 1.807) is 11.3 Å². The van der Waals surface area contributed by atoms with E-state index in [0.29, 0.717) is 6.73 Å². The van der Waals surface area contributed by atoms with Gasteiger partial charge in [-0.1, -0.05) is 20.3 Å². The lowest BCUT2D eigenvalue weighted by Gasteiger charge is -2.26. The number of amides is 1. The van der Waals surface area contributed by atoms with Crippen molar-refractivity contribution in [3.8, 4) is 0 Å². The molecule has 6 nitrogen and oxygen atoms in total. The summed E-state index contributed by atoms with van der Waals surface area (Å²) in [5.41, 5.74) is 2.12. The van der Waals surface area contributed by atoms with Gasteiger partial charge in [0.2, 0.25) is 0 Å². The monoisotopic (exact) mass is 538 g/mol. The van der Waals surface area contributed by atoms with E-state index in [1.165, 1.54) is 73.6 Å². The van der Waals surface area contributed by atoms with Crippen molar-refractivity contribution in [2.24, 2.45) is 0 Å². The maximum Gasteiger partial charge on any atom is 0.252 e. The molecule has 2 saturated heterocycles.